The summed E-state index contributed by atoms with van der Waals surface area (Å²) in [5, 5.41) is 0.533. The molecule has 1 fully saturated rings. The predicted octanol–water partition coefficient (Wildman–Crippen LogP) is 2.09. The fourth-order valence-electron chi connectivity index (χ4n) is 2.42. The van der Waals surface area contributed by atoms with Gasteiger partial charge in [0.15, 0.2) is 0 Å². The molecule has 0 aromatic heterocycles. The minimum Gasteiger partial charge on any atom is -0.327 e. The van der Waals surface area contributed by atoms with Gasteiger partial charge in [0.25, 0.3) is 0 Å². The summed E-state index contributed by atoms with van der Waals surface area (Å²) in [5.41, 5.74) is 6.01. The molecular weight excluding hydrogens is 284 g/mol. The normalized spacial score (nSPS) is 25.4. The molecule has 19 heavy (non-hydrogen) atoms. The fraction of sp³-hybridized carbons (Fsp3) is 0.538. The highest BCUT2D eigenvalue weighted by Crippen LogP contribution is 2.25. The average molecular weight is 303 g/mol. The second-order valence-electron chi connectivity index (χ2n) is 4.94. The first-order valence-corrected chi connectivity index (χ1v) is 8.28. The van der Waals surface area contributed by atoms with Crippen LogP contribution in [-0.4, -0.2) is 31.9 Å². The Balaban J connectivity index is 2.23. The topological polar surface area (TPSA) is 63.4 Å². The summed E-state index contributed by atoms with van der Waals surface area (Å²) < 4.78 is 26.6. The van der Waals surface area contributed by atoms with E-state index in [0.717, 1.165) is 6.42 Å². The van der Waals surface area contributed by atoms with Gasteiger partial charge in [-0.1, -0.05) is 24.9 Å². The number of halogens is 1. The first-order chi connectivity index (χ1) is 8.95. The number of benzene rings is 1. The summed E-state index contributed by atoms with van der Waals surface area (Å²) >= 11 is 5.79. The zero-order valence-corrected chi connectivity index (χ0v) is 12.5. The van der Waals surface area contributed by atoms with Crippen LogP contribution >= 0.6 is 11.6 Å². The van der Waals surface area contributed by atoms with Crippen LogP contribution in [0.25, 0.3) is 0 Å². The summed E-state index contributed by atoms with van der Waals surface area (Å²) in [6.45, 7) is 3.04. The smallest absolute Gasteiger partial charge is 0.243 e. The average Bonchev–Trinajstić information content (AvgIpc) is 2.39. The molecule has 6 heteroatoms. The van der Waals surface area contributed by atoms with Gasteiger partial charge in [-0.25, -0.2) is 8.42 Å². The van der Waals surface area contributed by atoms with Crippen LogP contribution in [0.1, 0.15) is 19.8 Å². The summed E-state index contributed by atoms with van der Waals surface area (Å²) in [6, 6.07) is 6.39. The van der Waals surface area contributed by atoms with Gasteiger partial charge < -0.3 is 5.73 Å². The van der Waals surface area contributed by atoms with E-state index in [1.54, 1.807) is 24.3 Å². The van der Waals surface area contributed by atoms with E-state index in [4.69, 9.17) is 17.3 Å². The maximum absolute atomic E-state index is 12.5. The number of piperidine rings is 1. The van der Waals surface area contributed by atoms with E-state index >= 15 is 0 Å². The van der Waals surface area contributed by atoms with Crippen LogP contribution in [0.15, 0.2) is 29.2 Å². The molecule has 0 amide bonds. The van der Waals surface area contributed by atoms with Crippen LogP contribution in [0.2, 0.25) is 5.02 Å². The molecule has 1 heterocycles. The number of hydrogen-bond acceptors (Lipinski definition) is 3. The Hall–Kier alpha value is -0.620. The monoisotopic (exact) mass is 302 g/mol. The Morgan fingerprint density at radius 2 is 2.00 bits per heavy atom. The Bertz CT molecular complexity index is 530. The van der Waals surface area contributed by atoms with Gasteiger partial charge in [0.05, 0.1) is 4.90 Å². The molecule has 1 saturated heterocycles. The molecular formula is C13H19ClN2O2S. The van der Waals surface area contributed by atoms with Gasteiger partial charge in [-0.2, -0.15) is 4.31 Å². The van der Waals surface area contributed by atoms with Crippen LogP contribution < -0.4 is 5.73 Å². The van der Waals surface area contributed by atoms with Crippen molar-refractivity contribution >= 4 is 21.6 Å². The molecule has 0 aliphatic carbocycles. The lowest BCUT2D eigenvalue weighted by Crippen LogP contribution is -2.48. The molecule has 2 rings (SSSR count). The highest BCUT2D eigenvalue weighted by atomic mass is 35.5. The van der Waals surface area contributed by atoms with Crippen molar-refractivity contribution in [2.75, 3.05) is 13.1 Å². The van der Waals surface area contributed by atoms with Gasteiger partial charge in [-0.15, -0.1) is 0 Å². The SMILES string of the molecule is CCC1CN(S(=O)(=O)c2ccc(Cl)cc2)CCC1N. The van der Waals surface area contributed by atoms with E-state index in [1.807, 2.05) is 6.92 Å². The number of nitrogens with zero attached hydrogens (tertiary/aromatic N) is 1. The van der Waals surface area contributed by atoms with Gasteiger partial charge >= 0.3 is 0 Å². The zero-order valence-electron chi connectivity index (χ0n) is 10.9. The molecule has 2 unspecified atom stereocenters. The molecule has 1 aliphatic heterocycles. The van der Waals surface area contributed by atoms with E-state index < -0.39 is 10.0 Å². The minimum absolute atomic E-state index is 0.0988. The summed E-state index contributed by atoms with van der Waals surface area (Å²) in [7, 11) is -3.43. The maximum Gasteiger partial charge on any atom is 0.243 e. The van der Waals surface area contributed by atoms with Gasteiger partial charge in [-0.3, -0.25) is 0 Å². The third-order valence-corrected chi connectivity index (χ3v) is 5.86. The van der Waals surface area contributed by atoms with Gasteiger partial charge in [0.2, 0.25) is 10.0 Å². The number of sulfonamides is 1. The van der Waals surface area contributed by atoms with Crippen LogP contribution in [0.4, 0.5) is 0 Å². The van der Waals surface area contributed by atoms with Crippen LogP contribution in [-0.2, 0) is 10.0 Å². The molecule has 1 aromatic rings. The standard InChI is InChI=1S/C13H19ClN2O2S/c1-2-10-9-16(8-7-13(10)15)19(17,18)12-5-3-11(14)4-6-12/h3-6,10,13H,2,7-9,15H2,1H3. The largest absolute Gasteiger partial charge is 0.327 e. The van der Waals surface area contributed by atoms with Gasteiger partial charge in [0.1, 0.15) is 0 Å². The Morgan fingerprint density at radius 3 is 2.58 bits per heavy atom. The minimum atomic E-state index is -3.43. The summed E-state index contributed by atoms with van der Waals surface area (Å²) in [6.07, 6.45) is 1.61. The van der Waals surface area contributed by atoms with Crippen molar-refractivity contribution in [3.05, 3.63) is 29.3 Å². The van der Waals surface area contributed by atoms with E-state index in [0.29, 0.717) is 29.4 Å². The fourth-order valence-corrected chi connectivity index (χ4v) is 4.06. The van der Waals surface area contributed by atoms with E-state index in [1.165, 1.54) is 4.31 Å². The van der Waals surface area contributed by atoms with Crippen molar-refractivity contribution in [2.45, 2.75) is 30.7 Å². The quantitative estimate of drug-likeness (QED) is 0.930. The van der Waals surface area contributed by atoms with E-state index in [-0.39, 0.29) is 12.0 Å². The third kappa shape index (κ3) is 3.11. The second kappa shape index (κ2) is 5.79. The molecule has 2 N–H and O–H groups in total. The predicted molar refractivity (Wildman–Crippen MR) is 76.6 cm³/mol. The molecule has 0 bridgehead atoms. The highest BCUT2D eigenvalue weighted by molar-refractivity contribution is 7.89. The lowest BCUT2D eigenvalue weighted by molar-refractivity contribution is 0.230. The van der Waals surface area contributed by atoms with Crippen LogP contribution in [0.5, 0.6) is 0 Å². The van der Waals surface area contributed by atoms with Crippen LogP contribution in [0.3, 0.4) is 0 Å². The van der Waals surface area contributed by atoms with Crippen molar-refractivity contribution in [3.63, 3.8) is 0 Å². The zero-order chi connectivity index (χ0) is 14.0. The molecule has 1 aliphatic rings. The lowest BCUT2D eigenvalue weighted by atomic mass is 9.92. The highest BCUT2D eigenvalue weighted by Gasteiger charge is 2.33. The number of hydrogen-bond donors (Lipinski definition) is 1. The summed E-state index contributed by atoms with van der Waals surface area (Å²) in [4.78, 5) is 0.294. The van der Waals surface area contributed by atoms with Crippen LogP contribution in [0, 0.1) is 5.92 Å². The van der Waals surface area contributed by atoms with Gasteiger partial charge in [-0.05, 0) is 36.6 Å². The van der Waals surface area contributed by atoms with E-state index in [9.17, 15) is 8.42 Å². The molecule has 106 valence electrons. The molecule has 0 saturated carbocycles. The lowest BCUT2D eigenvalue weighted by Gasteiger charge is -2.35. The molecule has 2 atom stereocenters. The van der Waals surface area contributed by atoms with Crippen molar-refractivity contribution in [1.82, 2.24) is 4.31 Å². The van der Waals surface area contributed by atoms with Gasteiger partial charge in [0, 0.05) is 24.2 Å². The van der Waals surface area contributed by atoms with Crippen molar-refractivity contribution < 1.29 is 8.42 Å². The Kier molecular flexibility index (Phi) is 4.50. The first kappa shape index (κ1) is 14.8. The third-order valence-electron chi connectivity index (χ3n) is 3.73. The maximum atomic E-state index is 12.5. The number of nitrogens with two attached hydrogens (primary N) is 1. The van der Waals surface area contributed by atoms with Crippen molar-refractivity contribution in [2.24, 2.45) is 11.7 Å². The Labute approximate surface area is 119 Å². The Morgan fingerprint density at radius 1 is 1.37 bits per heavy atom. The van der Waals surface area contributed by atoms with Crippen molar-refractivity contribution in [1.29, 1.82) is 0 Å². The summed E-state index contributed by atoms with van der Waals surface area (Å²) in [5.74, 6) is 0.232. The van der Waals surface area contributed by atoms with E-state index in [2.05, 4.69) is 0 Å². The molecule has 1 aromatic carbocycles. The molecule has 0 spiro atoms. The van der Waals surface area contributed by atoms with Crippen molar-refractivity contribution in [3.8, 4) is 0 Å². The molecule has 4 nitrogen and oxygen atoms in total. The first-order valence-electron chi connectivity index (χ1n) is 6.46. The number of rotatable bonds is 3. The molecule has 0 radical (unpaired) electrons. The second-order valence-corrected chi connectivity index (χ2v) is 7.31.